The zero-order valence-electron chi connectivity index (χ0n) is 19.4. The molecule has 0 spiro atoms. The molecule has 0 aromatic heterocycles. The number of carbonyl (C=O) groups excluding carboxylic acids is 1. The molecule has 6 heteroatoms. The number of aromatic hydroxyl groups is 1. The summed E-state index contributed by atoms with van der Waals surface area (Å²) in [6, 6.07) is 25.9. The van der Waals surface area contributed by atoms with Crippen LogP contribution in [0.3, 0.4) is 0 Å². The van der Waals surface area contributed by atoms with Gasteiger partial charge in [-0.25, -0.2) is 0 Å². The Morgan fingerprint density at radius 3 is 2.32 bits per heavy atom. The third kappa shape index (κ3) is 4.27. The van der Waals surface area contributed by atoms with Crippen molar-refractivity contribution in [2.24, 2.45) is 0 Å². The van der Waals surface area contributed by atoms with Crippen LogP contribution in [0.25, 0.3) is 0 Å². The first-order chi connectivity index (χ1) is 16.6. The summed E-state index contributed by atoms with van der Waals surface area (Å²) in [6.07, 6.45) is 0.891. The van der Waals surface area contributed by atoms with Crippen molar-refractivity contribution in [1.82, 2.24) is 9.80 Å². The lowest BCUT2D eigenvalue weighted by Crippen LogP contribution is -2.57. The van der Waals surface area contributed by atoms with E-state index in [4.69, 9.17) is 9.47 Å². The summed E-state index contributed by atoms with van der Waals surface area (Å²) in [4.78, 5) is 17.4. The summed E-state index contributed by atoms with van der Waals surface area (Å²) in [5.74, 6) is 0.900. The molecule has 1 unspecified atom stereocenters. The maximum absolute atomic E-state index is 13.0. The Balaban J connectivity index is 1.37. The first kappa shape index (κ1) is 22.4. The van der Waals surface area contributed by atoms with E-state index in [1.165, 1.54) is 0 Å². The Bertz CT molecular complexity index is 1100. The number of nitrogens with zero attached hydrogens (tertiary/aromatic N) is 2. The van der Waals surface area contributed by atoms with Gasteiger partial charge in [-0.3, -0.25) is 9.69 Å². The van der Waals surface area contributed by atoms with Crippen molar-refractivity contribution in [3.05, 3.63) is 95.6 Å². The van der Waals surface area contributed by atoms with Crippen molar-refractivity contribution in [2.75, 3.05) is 33.4 Å². The SMILES string of the molecule is COc1ccc(CN2CCC(N3CC(c4ccccc4)(c4ccccc4)OCC3=O)C2)c(O)c1. The van der Waals surface area contributed by atoms with E-state index < -0.39 is 5.60 Å². The van der Waals surface area contributed by atoms with Crippen molar-refractivity contribution < 1.29 is 19.4 Å². The van der Waals surface area contributed by atoms with Crippen LogP contribution in [-0.4, -0.2) is 60.2 Å². The smallest absolute Gasteiger partial charge is 0.249 e. The summed E-state index contributed by atoms with van der Waals surface area (Å²) in [5.41, 5.74) is 2.27. The molecule has 34 heavy (non-hydrogen) atoms. The number of rotatable bonds is 6. The molecule has 2 fully saturated rings. The van der Waals surface area contributed by atoms with Crippen LogP contribution in [0.5, 0.6) is 11.5 Å². The molecule has 3 aromatic rings. The third-order valence-corrected chi connectivity index (χ3v) is 7.01. The number of phenols is 1. The first-order valence-corrected chi connectivity index (χ1v) is 11.7. The molecule has 2 aliphatic rings. The van der Waals surface area contributed by atoms with Crippen LogP contribution in [0.4, 0.5) is 0 Å². The van der Waals surface area contributed by atoms with Crippen LogP contribution in [0.1, 0.15) is 23.1 Å². The minimum absolute atomic E-state index is 0.0293. The van der Waals surface area contributed by atoms with Gasteiger partial charge in [-0.1, -0.05) is 66.7 Å². The fourth-order valence-electron chi connectivity index (χ4n) is 5.16. The highest BCUT2D eigenvalue weighted by Gasteiger charge is 2.45. The minimum atomic E-state index is -0.696. The van der Waals surface area contributed by atoms with Crippen LogP contribution in [0.15, 0.2) is 78.9 Å². The fraction of sp³-hybridized carbons (Fsp3) is 0.321. The van der Waals surface area contributed by atoms with E-state index in [-0.39, 0.29) is 24.3 Å². The predicted octanol–water partition coefficient (Wildman–Crippen LogP) is 3.78. The van der Waals surface area contributed by atoms with E-state index in [9.17, 15) is 9.90 Å². The summed E-state index contributed by atoms with van der Waals surface area (Å²) in [6.45, 7) is 2.79. The summed E-state index contributed by atoms with van der Waals surface area (Å²) >= 11 is 0. The van der Waals surface area contributed by atoms with Crippen LogP contribution < -0.4 is 4.74 Å². The Hall–Kier alpha value is -3.35. The quantitative estimate of drug-likeness (QED) is 0.609. The van der Waals surface area contributed by atoms with Gasteiger partial charge in [0.2, 0.25) is 5.91 Å². The van der Waals surface area contributed by atoms with Crippen LogP contribution in [0, 0.1) is 0 Å². The Labute approximate surface area is 200 Å². The molecule has 0 radical (unpaired) electrons. The van der Waals surface area contributed by atoms with Gasteiger partial charge in [0.1, 0.15) is 23.7 Å². The number of morpholine rings is 1. The van der Waals surface area contributed by atoms with Gasteiger partial charge in [0, 0.05) is 37.3 Å². The molecule has 2 saturated heterocycles. The maximum atomic E-state index is 13.0. The topological polar surface area (TPSA) is 62.2 Å². The van der Waals surface area contributed by atoms with Crippen molar-refractivity contribution in [3.63, 3.8) is 0 Å². The molecule has 1 atom stereocenters. The number of carbonyl (C=O) groups is 1. The molecular weight excluding hydrogens is 428 g/mol. The number of likely N-dealkylation sites (tertiary alicyclic amines) is 1. The summed E-state index contributed by atoms with van der Waals surface area (Å²) < 4.78 is 11.5. The summed E-state index contributed by atoms with van der Waals surface area (Å²) in [5, 5.41) is 10.4. The highest BCUT2D eigenvalue weighted by Crippen LogP contribution is 2.38. The molecule has 176 valence electrons. The van der Waals surface area contributed by atoms with Crippen molar-refractivity contribution >= 4 is 5.91 Å². The standard InChI is InChI=1S/C28H30N2O4/c1-33-25-13-12-21(26(31)16-25)17-29-15-14-24(18-29)30-20-28(34-19-27(30)32,22-8-4-2-5-9-22)23-10-6-3-7-11-23/h2-13,16,24,31H,14-15,17-20H2,1H3. The molecular formula is C28H30N2O4. The zero-order valence-corrected chi connectivity index (χ0v) is 19.4. The van der Waals surface area contributed by atoms with Gasteiger partial charge in [0.15, 0.2) is 0 Å². The lowest BCUT2D eigenvalue weighted by atomic mass is 9.84. The lowest BCUT2D eigenvalue weighted by molar-refractivity contribution is -0.162. The number of benzene rings is 3. The van der Waals surface area contributed by atoms with Crippen molar-refractivity contribution in [1.29, 1.82) is 0 Å². The van der Waals surface area contributed by atoms with E-state index in [0.717, 1.165) is 36.2 Å². The van der Waals surface area contributed by atoms with Crippen LogP contribution in [0.2, 0.25) is 0 Å². The molecule has 6 nitrogen and oxygen atoms in total. The average molecular weight is 459 g/mol. The van der Waals surface area contributed by atoms with Gasteiger partial charge in [0.25, 0.3) is 0 Å². The van der Waals surface area contributed by atoms with Gasteiger partial charge in [-0.2, -0.15) is 0 Å². The minimum Gasteiger partial charge on any atom is -0.507 e. The van der Waals surface area contributed by atoms with Gasteiger partial charge >= 0.3 is 0 Å². The highest BCUT2D eigenvalue weighted by molar-refractivity contribution is 5.79. The van der Waals surface area contributed by atoms with Crippen LogP contribution in [-0.2, 0) is 21.7 Å². The van der Waals surface area contributed by atoms with Gasteiger partial charge in [0.05, 0.1) is 13.7 Å². The lowest BCUT2D eigenvalue weighted by Gasteiger charge is -2.45. The maximum Gasteiger partial charge on any atom is 0.249 e. The molecule has 2 aliphatic heterocycles. The Morgan fingerprint density at radius 2 is 1.71 bits per heavy atom. The number of hydrogen-bond acceptors (Lipinski definition) is 5. The van der Waals surface area contributed by atoms with Crippen molar-refractivity contribution in [3.8, 4) is 11.5 Å². The number of ether oxygens (including phenoxy) is 2. The fourth-order valence-corrected chi connectivity index (χ4v) is 5.16. The molecule has 1 amide bonds. The number of hydrogen-bond donors (Lipinski definition) is 1. The molecule has 3 aromatic carbocycles. The van der Waals surface area contributed by atoms with Gasteiger partial charge in [-0.05, 0) is 23.6 Å². The Morgan fingerprint density at radius 1 is 1.03 bits per heavy atom. The Kier molecular flexibility index (Phi) is 6.26. The van der Waals surface area contributed by atoms with E-state index in [2.05, 4.69) is 29.2 Å². The van der Waals surface area contributed by atoms with Crippen LogP contribution >= 0.6 is 0 Å². The first-order valence-electron chi connectivity index (χ1n) is 11.7. The molecule has 1 N–H and O–H groups in total. The van der Waals surface area contributed by atoms with Gasteiger partial charge in [-0.15, -0.1) is 0 Å². The van der Waals surface area contributed by atoms with E-state index >= 15 is 0 Å². The number of phenolic OH excluding ortho intramolecular Hbond substituents is 1. The second-order valence-corrected chi connectivity index (χ2v) is 9.04. The largest absolute Gasteiger partial charge is 0.507 e. The molecule has 0 bridgehead atoms. The molecule has 0 aliphatic carbocycles. The average Bonchev–Trinajstić information content (AvgIpc) is 3.35. The zero-order chi connectivity index (χ0) is 23.5. The second kappa shape index (κ2) is 9.49. The van der Waals surface area contributed by atoms with Crippen molar-refractivity contribution in [2.45, 2.75) is 24.6 Å². The number of amides is 1. The summed E-state index contributed by atoms with van der Waals surface area (Å²) in [7, 11) is 1.59. The van der Waals surface area contributed by atoms with E-state index in [1.54, 1.807) is 13.2 Å². The molecule has 5 rings (SSSR count). The monoisotopic (exact) mass is 458 g/mol. The third-order valence-electron chi connectivity index (χ3n) is 7.01. The normalized spacial score (nSPS) is 20.4. The second-order valence-electron chi connectivity index (χ2n) is 9.04. The van der Waals surface area contributed by atoms with E-state index in [0.29, 0.717) is 18.8 Å². The molecule has 0 saturated carbocycles. The number of methoxy groups -OCH3 is 1. The van der Waals surface area contributed by atoms with Gasteiger partial charge < -0.3 is 19.5 Å². The van der Waals surface area contributed by atoms with E-state index in [1.807, 2.05) is 53.4 Å². The molecule has 2 heterocycles. The highest BCUT2D eigenvalue weighted by atomic mass is 16.5. The predicted molar refractivity (Wildman–Crippen MR) is 130 cm³/mol.